The van der Waals surface area contributed by atoms with Crippen LogP contribution in [0, 0.1) is 0 Å². The fraction of sp³-hybridized carbons (Fsp3) is 0.780. The molecule has 0 aliphatic carbocycles. The third-order valence-corrected chi connectivity index (χ3v) is 10.1. The van der Waals surface area contributed by atoms with Crippen LogP contribution in [0.25, 0.3) is 0 Å². The third kappa shape index (κ3) is 42.5. The maximum atomic E-state index is 12.7. The molecule has 0 rings (SSSR count). The van der Waals surface area contributed by atoms with E-state index in [9.17, 15) is 14.4 Å². The van der Waals surface area contributed by atoms with E-state index in [1.165, 1.54) is 109 Å². The molecule has 1 unspecified atom stereocenters. The Labute approximate surface area is 346 Å². The molecule has 6 heteroatoms. The summed E-state index contributed by atoms with van der Waals surface area (Å²) in [6, 6.07) is 0. The van der Waals surface area contributed by atoms with Gasteiger partial charge < -0.3 is 14.2 Å². The van der Waals surface area contributed by atoms with Crippen LogP contribution in [-0.2, 0) is 28.6 Å². The molecule has 0 spiro atoms. The first kappa shape index (κ1) is 53.4. The van der Waals surface area contributed by atoms with Crippen LogP contribution >= 0.6 is 0 Å². The van der Waals surface area contributed by atoms with Gasteiger partial charge in [0.15, 0.2) is 6.10 Å². The van der Waals surface area contributed by atoms with Gasteiger partial charge >= 0.3 is 17.9 Å². The Kier molecular flexibility index (Phi) is 43.0. The summed E-state index contributed by atoms with van der Waals surface area (Å²) in [7, 11) is 0. The number of carbonyl (C=O) groups is 3. The number of esters is 3. The molecule has 0 saturated carbocycles. The van der Waals surface area contributed by atoms with E-state index in [1.54, 1.807) is 0 Å². The van der Waals surface area contributed by atoms with E-state index >= 15 is 0 Å². The lowest BCUT2D eigenvalue weighted by Gasteiger charge is -2.18. The minimum Gasteiger partial charge on any atom is -0.462 e. The van der Waals surface area contributed by atoms with E-state index in [0.717, 1.165) is 83.5 Å². The van der Waals surface area contributed by atoms with E-state index in [1.807, 2.05) is 0 Å². The first-order chi connectivity index (χ1) is 27.5. The van der Waals surface area contributed by atoms with Crippen LogP contribution in [0.1, 0.15) is 233 Å². The molecule has 56 heavy (non-hydrogen) atoms. The fourth-order valence-corrected chi connectivity index (χ4v) is 6.53. The second-order valence-electron chi connectivity index (χ2n) is 15.7. The van der Waals surface area contributed by atoms with Gasteiger partial charge in [-0.15, -0.1) is 0 Å². The zero-order chi connectivity index (χ0) is 40.8. The highest BCUT2D eigenvalue weighted by atomic mass is 16.6. The van der Waals surface area contributed by atoms with Gasteiger partial charge in [0.2, 0.25) is 0 Å². The highest BCUT2D eigenvalue weighted by Crippen LogP contribution is 2.14. The van der Waals surface area contributed by atoms with Gasteiger partial charge in [-0.25, -0.2) is 0 Å². The standard InChI is InChI=1S/C50H88O6/c1-4-7-10-13-16-19-21-23-25-27-28-31-34-37-40-43-49(52)55-46-47(45-54-48(51)42-39-36-33-30-18-15-12-9-6-3)56-50(53)44-41-38-35-32-29-26-24-22-20-17-14-11-8-5-2/h8,11,16-17,19-21,23,47H,4-7,9-10,12-15,18,22,24-46H2,1-3H3/b11-8-,19-16-,20-17-,23-21-. The summed E-state index contributed by atoms with van der Waals surface area (Å²) < 4.78 is 16.7. The molecular weight excluding hydrogens is 697 g/mol. The molecule has 324 valence electrons. The van der Waals surface area contributed by atoms with Gasteiger partial charge in [0.05, 0.1) is 0 Å². The largest absolute Gasteiger partial charge is 0.462 e. The average Bonchev–Trinajstić information content (AvgIpc) is 3.19. The zero-order valence-electron chi connectivity index (χ0n) is 36.9. The number of rotatable bonds is 42. The first-order valence-electron chi connectivity index (χ1n) is 23.7. The summed E-state index contributed by atoms with van der Waals surface area (Å²) in [5.74, 6) is -0.901. The minimum absolute atomic E-state index is 0.0790. The van der Waals surface area contributed by atoms with Crippen molar-refractivity contribution in [2.75, 3.05) is 13.2 Å². The summed E-state index contributed by atoms with van der Waals surface area (Å²) in [5.41, 5.74) is 0. The number of unbranched alkanes of at least 4 members (excludes halogenated alkanes) is 24. The maximum absolute atomic E-state index is 12.7. The molecule has 0 aliphatic heterocycles. The summed E-state index contributed by atoms with van der Waals surface area (Å²) in [6.45, 7) is 6.46. The quantitative estimate of drug-likeness (QED) is 0.0202. The lowest BCUT2D eigenvalue weighted by molar-refractivity contribution is -0.167. The zero-order valence-corrected chi connectivity index (χ0v) is 36.9. The molecule has 0 heterocycles. The number of ether oxygens (including phenoxy) is 3. The summed E-state index contributed by atoms with van der Waals surface area (Å²) in [4.78, 5) is 37.7. The normalized spacial score (nSPS) is 12.4. The van der Waals surface area contributed by atoms with Gasteiger partial charge in [0.1, 0.15) is 13.2 Å². The van der Waals surface area contributed by atoms with Crippen molar-refractivity contribution in [1.29, 1.82) is 0 Å². The molecule has 0 aromatic heterocycles. The van der Waals surface area contributed by atoms with Crippen LogP contribution in [0.15, 0.2) is 48.6 Å². The summed E-state index contributed by atoms with van der Waals surface area (Å²) >= 11 is 0. The van der Waals surface area contributed by atoms with Crippen molar-refractivity contribution in [3.05, 3.63) is 48.6 Å². The molecule has 0 N–H and O–H groups in total. The van der Waals surface area contributed by atoms with E-state index in [4.69, 9.17) is 14.2 Å². The Hall–Kier alpha value is -2.63. The molecule has 0 radical (unpaired) electrons. The van der Waals surface area contributed by atoms with Gasteiger partial charge in [-0.3, -0.25) is 14.4 Å². The van der Waals surface area contributed by atoms with Crippen molar-refractivity contribution in [1.82, 2.24) is 0 Å². The van der Waals surface area contributed by atoms with Gasteiger partial charge in [-0.05, 0) is 70.6 Å². The predicted octanol–water partition coefficient (Wildman–Crippen LogP) is 15.1. The number of carbonyl (C=O) groups excluding carboxylic acids is 3. The molecule has 1 atom stereocenters. The molecule has 0 fully saturated rings. The summed E-state index contributed by atoms with van der Waals surface area (Å²) in [6.07, 6.45) is 52.3. The minimum atomic E-state index is -0.777. The van der Waals surface area contributed by atoms with Crippen molar-refractivity contribution >= 4 is 17.9 Å². The van der Waals surface area contributed by atoms with Crippen molar-refractivity contribution < 1.29 is 28.6 Å². The van der Waals surface area contributed by atoms with Gasteiger partial charge in [0.25, 0.3) is 0 Å². The second-order valence-corrected chi connectivity index (χ2v) is 15.7. The second kappa shape index (κ2) is 45.1. The summed E-state index contributed by atoms with van der Waals surface area (Å²) in [5, 5.41) is 0. The Balaban J connectivity index is 4.37. The smallest absolute Gasteiger partial charge is 0.306 e. The molecule has 0 aromatic carbocycles. The van der Waals surface area contributed by atoms with Crippen LogP contribution in [0.4, 0.5) is 0 Å². The van der Waals surface area contributed by atoms with E-state index < -0.39 is 6.10 Å². The Morgan fingerprint density at radius 2 is 0.750 bits per heavy atom. The number of allylic oxidation sites excluding steroid dienone is 8. The van der Waals surface area contributed by atoms with Crippen molar-refractivity contribution in [2.45, 2.75) is 239 Å². The van der Waals surface area contributed by atoms with Crippen LogP contribution in [0.5, 0.6) is 0 Å². The molecule has 6 nitrogen and oxygen atoms in total. The highest BCUT2D eigenvalue weighted by Gasteiger charge is 2.19. The molecule has 0 bridgehead atoms. The van der Waals surface area contributed by atoms with Gasteiger partial charge in [-0.2, -0.15) is 0 Å². The maximum Gasteiger partial charge on any atom is 0.306 e. The number of hydrogen-bond donors (Lipinski definition) is 0. The average molecular weight is 785 g/mol. The van der Waals surface area contributed by atoms with Crippen LogP contribution in [0.3, 0.4) is 0 Å². The lowest BCUT2D eigenvalue weighted by atomic mass is 10.1. The molecular formula is C50H88O6. The third-order valence-electron chi connectivity index (χ3n) is 10.1. The van der Waals surface area contributed by atoms with Gasteiger partial charge in [0, 0.05) is 19.3 Å². The molecule has 0 amide bonds. The highest BCUT2D eigenvalue weighted by molar-refractivity contribution is 5.71. The Bertz CT molecular complexity index is 996. The SMILES string of the molecule is CC/C=C\C/C=C\CCCCCCCCCC(=O)OC(COC(=O)CCCCCCCC/C=C\C=C/CCCCC)COC(=O)CCCCCCCCCCC. The lowest BCUT2D eigenvalue weighted by Crippen LogP contribution is -2.30. The number of hydrogen-bond acceptors (Lipinski definition) is 6. The van der Waals surface area contributed by atoms with Crippen molar-refractivity contribution in [3.8, 4) is 0 Å². The topological polar surface area (TPSA) is 78.9 Å². The van der Waals surface area contributed by atoms with Crippen molar-refractivity contribution in [2.24, 2.45) is 0 Å². The van der Waals surface area contributed by atoms with E-state index in [-0.39, 0.29) is 31.1 Å². The molecule has 0 saturated heterocycles. The monoisotopic (exact) mass is 785 g/mol. The van der Waals surface area contributed by atoms with Gasteiger partial charge in [-0.1, -0.05) is 191 Å². The molecule has 0 aromatic rings. The van der Waals surface area contributed by atoms with Crippen LogP contribution in [0.2, 0.25) is 0 Å². The van der Waals surface area contributed by atoms with E-state index in [0.29, 0.717) is 19.3 Å². The fourth-order valence-electron chi connectivity index (χ4n) is 6.53. The van der Waals surface area contributed by atoms with Crippen LogP contribution < -0.4 is 0 Å². The van der Waals surface area contributed by atoms with Crippen LogP contribution in [-0.4, -0.2) is 37.2 Å². The molecule has 0 aliphatic rings. The van der Waals surface area contributed by atoms with Crippen molar-refractivity contribution in [3.63, 3.8) is 0 Å². The van der Waals surface area contributed by atoms with E-state index in [2.05, 4.69) is 69.4 Å². The Morgan fingerprint density at radius 1 is 0.393 bits per heavy atom. The first-order valence-corrected chi connectivity index (χ1v) is 23.7. The Morgan fingerprint density at radius 3 is 1.21 bits per heavy atom. The predicted molar refractivity (Wildman–Crippen MR) is 238 cm³/mol.